The molecule has 0 amide bonds. The molecule has 0 atom stereocenters. The highest BCUT2D eigenvalue weighted by atomic mass is 79.9. The molecule has 2 rings (SSSR count). The van der Waals surface area contributed by atoms with Gasteiger partial charge in [-0.05, 0) is 24.3 Å². The van der Waals surface area contributed by atoms with Crippen LogP contribution in [0.15, 0.2) is 27.2 Å². The first-order chi connectivity index (χ1) is 5.70. The maximum atomic E-state index is 11.3. The molecular weight excluding hydrogens is 284 g/mol. The number of carbonyl (C=O) groups excluding carboxylic acids is 1. The third-order valence-corrected chi connectivity index (χ3v) is 3.14. The molecular formula is C9H4Br2O. The summed E-state index contributed by atoms with van der Waals surface area (Å²) >= 11 is 6.72. The van der Waals surface area contributed by atoms with Gasteiger partial charge in [0.2, 0.25) is 0 Å². The van der Waals surface area contributed by atoms with Crippen molar-refractivity contribution >= 4 is 43.7 Å². The number of rotatable bonds is 0. The number of benzene rings is 1. The van der Waals surface area contributed by atoms with Crippen molar-refractivity contribution in [2.75, 3.05) is 0 Å². The van der Waals surface area contributed by atoms with E-state index in [1.165, 1.54) is 0 Å². The summed E-state index contributed by atoms with van der Waals surface area (Å²) in [5.74, 6) is 0.0678. The zero-order valence-electron chi connectivity index (χ0n) is 5.97. The molecule has 1 aromatic rings. The van der Waals surface area contributed by atoms with E-state index in [1.807, 2.05) is 18.2 Å². The fourth-order valence-corrected chi connectivity index (χ4v) is 2.23. The minimum Gasteiger partial charge on any atom is -0.289 e. The summed E-state index contributed by atoms with van der Waals surface area (Å²) in [4.78, 5) is 11.3. The maximum absolute atomic E-state index is 11.3. The second kappa shape index (κ2) is 2.82. The molecule has 12 heavy (non-hydrogen) atoms. The van der Waals surface area contributed by atoms with E-state index in [4.69, 9.17) is 0 Å². The van der Waals surface area contributed by atoms with E-state index in [9.17, 15) is 4.79 Å². The minimum absolute atomic E-state index is 0.0678. The highest BCUT2D eigenvalue weighted by molar-refractivity contribution is 9.11. The van der Waals surface area contributed by atoms with Gasteiger partial charge in [-0.25, -0.2) is 0 Å². The van der Waals surface area contributed by atoms with Gasteiger partial charge >= 0.3 is 0 Å². The largest absolute Gasteiger partial charge is 0.289 e. The van der Waals surface area contributed by atoms with Gasteiger partial charge in [-0.1, -0.05) is 31.9 Å². The molecule has 1 aromatic carbocycles. The lowest BCUT2D eigenvalue weighted by molar-refractivity contribution is 0.104. The third kappa shape index (κ3) is 1.08. The highest BCUT2D eigenvalue weighted by Gasteiger charge is 2.18. The normalized spacial score (nSPS) is 13.7. The van der Waals surface area contributed by atoms with Gasteiger partial charge < -0.3 is 0 Å². The lowest BCUT2D eigenvalue weighted by Crippen LogP contribution is -1.93. The zero-order valence-corrected chi connectivity index (χ0v) is 9.15. The van der Waals surface area contributed by atoms with Crippen molar-refractivity contribution in [3.63, 3.8) is 0 Å². The van der Waals surface area contributed by atoms with Gasteiger partial charge in [0.25, 0.3) is 0 Å². The van der Waals surface area contributed by atoms with Crippen molar-refractivity contribution in [3.8, 4) is 0 Å². The second-order valence-electron chi connectivity index (χ2n) is 2.52. The number of carbonyl (C=O) groups is 1. The van der Waals surface area contributed by atoms with E-state index >= 15 is 0 Å². The van der Waals surface area contributed by atoms with Crippen LogP contribution in [-0.2, 0) is 0 Å². The van der Waals surface area contributed by atoms with Crippen LogP contribution in [0.5, 0.6) is 0 Å². The Bertz CT molecular complexity index is 394. The van der Waals surface area contributed by atoms with Crippen LogP contribution in [0.25, 0.3) is 6.08 Å². The predicted molar refractivity (Wildman–Crippen MR) is 55.2 cm³/mol. The van der Waals surface area contributed by atoms with Crippen molar-refractivity contribution in [1.82, 2.24) is 0 Å². The van der Waals surface area contributed by atoms with Crippen LogP contribution in [0.4, 0.5) is 0 Å². The molecule has 0 aromatic heterocycles. The molecule has 1 aliphatic carbocycles. The van der Waals surface area contributed by atoms with Crippen LogP contribution in [0.2, 0.25) is 0 Å². The molecule has 3 heteroatoms. The summed E-state index contributed by atoms with van der Waals surface area (Å²) < 4.78 is 1.82. The van der Waals surface area contributed by atoms with E-state index < -0.39 is 0 Å². The summed E-state index contributed by atoms with van der Waals surface area (Å²) in [6.45, 7) is 0. The summed E-state index contributed by atoms with van der Waals surface area (Å²) in [6, 6.07) is 3.79. The Morgan fingerprint density at radius 3 is 2.33 bits per heavy atom. The summed E-state index contributed by atoms with van der Waals surface area (Å²) in [5, 5.41) is 0. The highest BCUT2D eigenvalue weighted by Crippen LogP contribution is 2.32. The fraction of sp³-hybridized carbons (Fsp3) is 0. The number of allylic oxidation sites excluding steroid dienone is 1. The Hall–Kier alpha value is -0.410. The molecule has 1 nitrogen and oxygen atoms in total. The van der Waals surface area contributed by atoms with E-state index in [-0.39, 0.29) is 5.78 Å². The topological polar surface area (TPSA) is 17.1 Å². The summed E-state index contributed by atoms with van der Waals surface area (Å²) in [6.07, 6.45) is 3.41. The maximum Gasteiger partial charge on any atom is 0.187 e. The van der Waals surface area contributed by atoms with Crippen molar-refractivity contribution in [2.24, 2.45) is 0 Å². The van der Waals surface area contributed by atoms with E-state index in [0.717, 1.165) is 20.1 Å². The molecule has 0 heterocycles. The van der Waals surface area contributed by atoms with Crippen molar-refractivity contribution in [3.05, 3.63) is 38.3 Å². The quantitative estimate of drug-likeness (QED) is 0.715. The Balaban J connectivity index is 2.79. The molecule has 0 saturated heterocycles. The first kappa shape index (κ1) is 8.20. The standard InChI is InChI=1S/C9H4Br2O/c10-6-2-3-7(11)9-5(6)1-4-8(9)12/h1-4H. The Kier molecular flexibility index (Phi) is 1.93. The average Bonchev–Trinajstić information content (AvgIpc) is 2.42. The second-order valence-corrected chi connectivity index (χ2v) is 4.22. The number of hydrogen-bond donors (Lipinski definition) is 0. The number of hydrogen-bond acceptors (Lipinski definition) is 1. The van der Waals surface area contributed by atoms with E-state index in [2.05, 4.69) is 31.9 Å². The first-order valence-electron chi connectivity index (χ1n) is 3.40. The zero-order chi connectivity index (χ0) is 8.72. The third-order valence-electron chi connectivity index (χ3n) is 1.79. The van der Waals surface area contributed by atoms with Gasteiger partial charge in [0.1, 0.15) is 0 Å². The first-order valence-corrected chi connectivity index (χ1v) is 4.99. The molecule has 1 aliphatic rings. The summed E-state index contributed by atoms with van der Waals surface area (Å²) in [5.41, 5.74) is 1.72. The number of ketones is 1. The smallest absolute Gasteiger partial charge is 0.187 e. The van der Waals surface area contributed by atoms with Gasteiger partial charge in [-0.3, -0.25) is 4.79 Å². The predicted octanol–water partition coefficient (Wildman–Crippen LogP) is 3.42. The SMILES string of the molecule is O=C1C=Cc2c(Br)ccc(Br)c21. The molecule has 0 aliphatic heterocycles. The van der Waals surface area contributed by atoms with Gasteiger partial charge in [-0.15, -0.1) is 0 Å². The van der Waals surface area contributed by atoms with Crippen LogP contribution in [-0.4, -0.2) is 5.78 Å². The van der Waals surface area contributed by atoms with Gasteiger partial charge in [0.15, 0.2) is 5.78 Å². The molecule has 0 radical (unpaired) electrons. The van der Waals surface area contributed by atoms with Crippen molar-refractivity contribution < 1.29 is 4.79 Å². The van der Waals surface area contributed by atoms with Crippen LogP contribution in [0, 0.1) is 0 Å². The Morgan fingerprint density at radius 1 is 1.00 bits per heavy atom. The molecule has 0 bridgehead atoms. The molecule has 0 saturated carbocycles. The van der Waals surface area contributed by atoms with Gasteiger partial charge in [-0.2, -0.15) is 0 Å². The van der Waals surface area contributed by atoms with Gasteiger partial charge in [0.05, 0.1) is 0 Å². The minimum atomic E-state index is 0.0678. The summed E-state index contributed by atoms with van der Waals surface area (Å²) in [7, 11) is 0. The van der Waals surface area contributed by atoms with E-state index in [0.29, 0.717) is 0 Å². The van der Waals surface area contributed by atoms with Gasteiger partial charge in [0, 0.05) is 20.1 Å². The number of halogens is 2. The Labute approximate surface area is 86.7 Å². The van der Waals surface area contributed by atoms with E-state index in [1.54, 1.807) is 6.08 Å². The molecule has 0 unspecified atom stereocenters. The monoisotopic (exact) mass is 286 g/mol. The van der Waals surface area contributed by atoms with Crippen LogP contribution in [0.1, 0.15) is 15.9 Å². The van der Waals surface area contributed by atoms with Crippen LogP contribution in [0.3, 0.4) is 0 Å². The molecule has 0 spiro atoms. The van der Waals surface area contributed by atoms with Crippen LogP contribution < -0.4 is 0 Å². The number of fused-ring (bicyclic) bond motifs is 1. The van der Waals surface area contributed by atoms with Crippen LogP contribution >= 0.6 is 31.9 Å². The molecule has 0 N–H and O–H groups in total. The molecule has 60 valence electrons. The Morgan fingerprint density at radius 2 is 1.67 bits per heavy atom. The molecule has 0 fully saturated rings. The van der Waals surface area contributed by atoms with Crippen molar-refractivity contribution in [2.45, 2.75) is 0 Å². The van der Waals surface area contributed by atoms with Crippen molar-refractivity contribution in [1.29, 1.82) is 0 Å². The lowest BCUT2D eigenvalue weighted by Gasteiger charge is -2.02. The lowest BCUT2D eigenvalue weighted by atomic mass is 10.1. The fourth-order valence-electron chi connectivity index (χ4n) is 1.22. The average molecular weight is 288 g/mol.